The Morgan fingerprint density at radius 1 is 1.48 bits per heavy atom. The fourth-order valence-electron chi connectivity index (χ4n) is 3.00. The molecule has 2 heterocycles. The average Bonchev–Trinajstić information content (AvgIpc) is 3.03. The summed E-state index contributed by atoms with van der Waals surface area (Å²) in [6.45, 7) is 4.14. The average molecular weight is 439 g/mol. The van der Waals surface area contributed by atoms with E-state index in [9.17, 15) is 4.39 Å². The van der Waals surface area contributed by atoms with Crippen LogP contribution in [0.25, 0.3) is 0 Å². The lowest BCUT2D eigenvalue weighted by atomic mass is 10.1. The molecule has 0 bridgehead atoms. The predicted molar refractivity (Wildman–Crippen MR) is 105 cm³/mol. The fourth-order valence-corrected chi connectivity index (χ4v) is 3.33. The molecule has 1 atom stereocenters. The molecule has 1 aliphatic rings. The molecule has 0 saturated carbocycles. The third-order valence-electron chi connectivity index (χ3n) is 4.28. The predicted octanol–water partition coefficient (Wildman–Crippen LogP) is 2.40. The molecule has 3 rings (SSSR count). The van der Waals surface area contributed by atoms with Crippen molar-refractivity contribution in [3.8, 4) is 0 Å². The van der Waals surface area contributed by atoms with Crippen molar-refractivity contribution in [3.05, 3.63) is 45.7 Å². The van der Waals surface area contributed by atoms with Crippen LogP contribution >= 0.6 is 15.9 Å². The normalized spacial score (nSPS) is 16.9. The van der Waals surface area contributed by atoms with E-state index < -0.39 is 0 Å². The standard InChI is InChI=1S/C18H24BrFN6O/c1-3-21-18(22-9-12-4-5-13(19)8-15(12)20)23-14-6-7-17-24-16(11-27-2)25-26(17)10-14/h4-5,8,14H,3,6-7,9-11H2,1-2H3,(H2,21,22,23). The van der Waals surface area contributed by atoms with Gasteiger partial charge in [-0.2, -0.15) is 5.10 Å². The number of aliphatic imine (C=N–C) groups is 1. The Labute approximate surface area is 166 Å². The summed E-state index contributed by atoms with van der Waals surface area (Å²) in [5, 5.41) is 11.1. The van der Waals surface area contributed by atoms with Crippen molar-refractivity contribution in [2.75, 3.05) is 13.7 Å². The van der Waals surface area contributed by atoms with Gasteiger partial charge in [-0.15, -0.1) is 0 Å². The molecule has 0 spiro atoms. The van der Waals surface area contributed by atoms with Crippen LogP contribution in [0.15, 0.2) is 27.7 Å². The summed E-state index contributed by atoms with van der Waals surface area (Å²) in [6.07, 6.45) is 1.78. The number of fused-ring (bicyclic) bond motifs is 1. The summed E-state index contributed by atoms with van der Waals surface area (Å²) in [5.74, 6) is 2.10. The van der Waals surface area contributed by atoms with Crippen LogP contribution < -0.4 is 10.6 Å². The summed E-state index contributed by atoms with van der Waals surface area (Å²) < 4.78 is 21.8. The molecule has 1 aromatic carbocycles. The van der Waals surface area contributed by atoms with Crippen molar-refractivity contribution in [2.24, 2.45) is 4.99 Å². The highest BCUT2D eigenvalue weighted by molar-refractivity contribution is 9.10. The number of benzene rings is 1. The number of halogens is 2. The van der Waals surface area contributed by atoms with Gasteiger partial charge in [0.25, 0.3) is 0 Å². The Bertz CT molecular complexity index is 809. The summed E-state index contributed by atoms with van der Waals surface area (Å²) >= 11 is 3.27. The van der Waals surface area contributed by atoms with Crippen LogP contribution in [0, 0.1) is 5.82 Å². The molecule has 7 nitrogen and oxygen atoms in total. The third-order valence-corrected chi connectivity index (χ3v) is 4.78. The second-order valence-electron chi connectivity index (χ2n) is 6.37. The van der Waals surface area contributed by atoms with Gasteiger partial charge < -0.3 is 15.4 Å². The van der Waals surface area contributed by atoms with Gasteiger partial charge in [0.05, 0.1) is 13.1 Å². The number of guanidine groups is 1. The smallest absolute Gasteiger partial charge is 0.191 e. The number of methoxy groups -OCH3 is 1. The minimum Gasteiger partial charge on any atom is -0.377 e. The van der Waals surface area contributed by atoms with Crippen molar-refractivity contribution < 1.29 is 9.13 Å². The van der Waals surface area contributed by atoms with E-state index in [2.05, 4.69) is 41.6 Å². The number of aryl methyl sites for hydroxylation is 1. The van der Waals surface area contributed by atoms with Crippen molar-refractivity contribution in [1.82, 2.24) is 25.4 Å². The van der Waals surface area contributed by atoms with Crippen LogP contribution in [0.4, 0.5) is 4.39 Å². The highest BCUT2D eigenvalue weighted by Crippen LogP contribution is 2.16. The zero-order chi connectivity index (χ0) is 19.2. The second-order valence-corrected chi connectivity index (χ2v) is 7.29. The number of nitrogens with one attached hydrogen (secondary N) is 2. The second kappa shape index (κ2) is 9.27. The maximum absolute atomic E-state index is 14.0. The molecule has 1 unspecified atom stereocenters. The lowest BCUT2D eigenvalue weighted by molar-refractivity contribution is 0.177. The first-order valence-corrected chi connectivity index (χ1v) is 9.78. The zero-order valence-electron chi connectivity index (χ0n) is 15.5. The van der Waals surface area contributed by atoms with Crippen LogP contribution in [0.2, 0.25) is 0 Å². The molecule has 0 fully saturated rings. The van der Waals surface area contributed by atoms with Gasteiger partial charge in [-0.3, -0.25) is 0 Å². The van der Waals surface area contributed by atoms with Gasteiger partial charge in [0.1, 0.15) is 18.2 Å². The molecule has 1 aliphatic heterocycles. The Morgan fingerprint density at radius 2 is 2.33 bits per heavy atom. The van der Waals surface area contributed by atoms with Gasteiger partial charge in [-0.1, -0.05) is 22.0 Å². The van der Waals surface area contributed by atoms with Crippen molar-refractivity contribution in [3.63, 3.8) is 0 Å². The zero-order valence-corrected chi connectivity index (χ0v) is 17.1. The molecular weight excluding hydrogens is 415 g/mol. The van der Waals surface area contributed by atoms with Gasteiger partial charge in [0.2, 0.25) is 0 Å². The van der Waals surface area contributed by atoms with E-state index in [1.54, 1.807) is 13.2 Å². The summed E-state index contributed by atoms with van der Waals surface area (Å²) in [6, 6.07) is 5.20. The first-order valence-electron chi connectivity index (χ1n) is 8.99. The molecule has 146 valence electrons. The van der Waals surface area contributed by atoms with E-state index in [0.717, 1.165) is 29.7 Å². The van der Waals surface area contributed by atoms with E-state index in [-0.39, 0.29) is 18.4 Å². The first kappa shape index (κ1) is 19.8. The monoisotopic (exact) mass is 438 g/mol. The first-order chi connectivity index (χ1) is 13.1. The molecule has 0 aliphatic carbocycles. The minimum absolute atomic E-state index is 0.183. The number of ether oxygens (including phenoxy) is 1. The van der Waals surface area contributed by atoms with Gasteiger partial charge in [-0.25, -0.2) is 19.0 Å². The van der Waals surface area contributed by atoms with Gasteiger partial charge in [0, 0.05) is 36.2 Å². The molecule has 2 aromatic rings. The number of rotatable bonds is 6. The van der Waals surface area contributed by atoms with Crippen LogP contribution in [-0.2, 0) is 30.9 Å². The van der Waals surface area contributed by atoms with E-state index in [1.165, 1.54) is 6.07 Å². The molecule has 27 heavy (non-hydrogen) atoms. The van der Waals surface area contributed by atoms with E-state index >= 15 is 0 Å². The van der Waals surface area contributed by atoms with Gasteiger partial charge in [-0.05, 0) is 25.5 Å². The van der Waals surface area contributed by atoms with E-state index in [4.69, 9.17) is 4.74 Å². The number of aromatic nitrogens is 3. The minimum atomic E-state index is -0.264. The molecular formula is C18H24BrFN6O. The lowest BCUT2D eigenvalue weighted by Gasteiger charge is -2.25. The van der Waals surface area contributed by atoms with Crippen molar-refractivity contribution in [2.45, 2.75) is 45.5 Å². The Balaban J connectivity index is 1.65. The molecule has 0 saturated heterocycles. The largest absolute Gasteiger partial charge is 0.377 e. The molecule has 2 N–H and O–H groups in total. The van der Waals surface area contributed by atoms with Crippen LogP contribution in [0.3, 0.4) is 0 Å². The van der Waals surface area contributed by atoms with Crippen LogP contribution in [-0.4, -0.2) is 40.4 Å². The maximum Gasteiger partial charge on any atom is 0.191 e. The van der Waals surface area contributed by atoms with Crippen molar-refractivity contribution in [1.29, 1.82) is 0 Å². The van der Waals surface area contributed by atoms with Crippen LogP contribution in [0.1, 0.15) is 30.6 Å². The molecule has 9 heteroatoms. The highest BCUT2D eigenvalue weighted by atomic mass is 79.9. The third kappa shape index (κ3) is 5.26. The fraction of sp³-hybridized carbons (Fsp3) is 0.500. The van der Waals surface area contributed by atoms with Crippen molar-refractivity contribution >= 4 is 21.9 Å². The summed E-state index contributed by atoms with van der Waals surface area (Å²) in [7, 11) is 1.64. The molecule has 0 radical (unpaired) electrons. The molecule has 1 aromatic heterocycles. The summed E-state index contributed by atoms with van der Waals surface area (Å²) in [4.78, 5) is 9.02. The Hall–Kier alpha value is -2.00. The SMILES string of the molecule is CCNC(=NCc1ccc(Br)cc1F)NC1CCc2nc(COC)nn2C1. The Kier molecular flexibility index (Phi) is 6.78. The van der Waals surface area contributed by atoms with Crippen LogP contribution in [0.5, 0.6) is 0 Å². The van der Waals surface area contributed by atoms with E-state index in [0.29, 0.717) is 30.5 Å². The highest BCUT2D eigenvalue weighted by Gasteiger charge is 2.22. The Morgan fingerprint density at radius 3 is 3.07 bits per heavy atom. The maximum atomic E-state index is 14.0. The lowest BCUT2D eigenvalue weighted by Crippen LogP contribution is -2.47. The molecule has 0 amide bonds. The number of hydrogen-bond donors (Lipinski definition) is 2. The summed E-state index contributed by atoms with van der Waals surface area (Å²) in [5.41, 5.74) is 0.557. The van der Waals surface area contributed by atoms with E-state index in [1.807, 2.05) is 17.7 Å². The van der Waals surface area contributed by atoms with Gasteiger partial charge in [0.15, 0.2) is 11.8 Å². The number of hydrogen-bond acceptors (Lipinski definition) is 4. The van der Waals surface area contributed by atoms with Gasteiger partial charge >= 0.3 is 0 Å². The topological polar surface area (TPSA) is 76.4 Å². The quantitative estimate of drug-likeness (QED) is 0.534. The number of nitrogens with zero attached hydrogens (tertiary/aromatic N) is 4.